The molecule has 0 aliphatic carbocycles. The molecule has 0 saturated heterocycles. The van der Waals surface area contributed by atoms with Crippen LogP contribution in [0.25, 0.3) is 11.1 Å². The van der Waals surface area contributed by atoms with E-state index in [0.29, 0.717) is 0 Å². The van der Waals surface area contributed by atoms with Gasteiger partial charge in [-0.15, -0.1) is 0 Å². The molecule has 0 aliphatic heterocycles. The Bertz CT molecular complexity index is 295. The minimum absolute atomic E-state index is 0. The number of allylic oxidation sites excluding steroid dienone is 2. The Labute approximate surface area is 121 Å². The summed E-state index contributed by atoms with van der Waals surface area (Å²) >= 11 is 0. The van der Waals surface area contributed by atoms with Crippen molar-refractivity contribution in [2.45, 2.75) is 27.7 Å². The Balaban J connectivity index is -0.000000355. The molecule has 17 heavy (non-hydrogen) atoms. The second kappa shape index (κ2) is 13.4. The van der Waals surface area contributed by atoms with Gasteiger partial charge in [-0.25, -0.2) is 0 Å². The average molecular weight is 282 g/mol. The molecule has 1 aromatic carbocycles. The normalized spacial score (nSPS) is 7.41. The molecule has 0 atom stereocenters. The molecule has 1 heteroatoms. The van der Waals surface area contributed by atoms with Crippen LogP contribution in [0.15, 0.2) is 37.4 Å². The van der Waals surface area contributed by atoms with E-state index in [1.165, 1.54) is 11.1 Å². The maximum atomic E-state index is 3.90. The van der Waals surface area contributed by atoms with Gasteiger partial charge in [0.1, 0.15) is 0 Å². The summed E-state index contributed by atoms with van der Waals surface area (Å²) in [6, 6.07) is 8.28. The van der Waals surface area contributed by atoms with Gasteiger partial charge in [0.2, 0.25) is 0 Å². The Morgan fingerprint density at radius 2 is 1.18 bits per heavy atom. The zero-order valence-electron chi connectivity index (χ0n) is 11.8. The third-order valence-electron chi connectivity index (χ3n) is 1.85. The molecule has 0 amide bonds. The van der Waals surface area contributed by atoms with Crippen molar-refractivity contribution in [3.8, 4) is 0 Å². The zero-order valence-corrected chi connectivity index (χ0v) is 14.8. The van der Waals surface area contributed by atoms with Crippen molar-refractivity contribution in [2.75, 3.05) is 0 Å². The van der Waals surface area contributed by atoms with Crippen LogP contribution in [0.1, 0.15) is 38.8 Å². The topological polar surface area (TPSA) is 0 Å². The molecule has 0 nitrogen and oxygen atoms in total. The van der Waals surface area contributed by atoms with Gasteiger partial charge in [0, 0.05) is 0 Å². The minimum Gasteiger partial charge on any atom is -0.346 e. The van der Waals surface area contributed by atoms with Crippen molar-refractivity contribution < 1.29 is 19.5 Å². The predicted molar refractivity (Wildman–Crippen MR) is 77.9 cm³/mol. The van der Waals surface area contributed by atoms with Gasteiger partial charge in [-0.2, -0.15) is 13.8 Å². The van der Waals surface area contributed by atoms with E-state index >= 15 is 0 Å². The number of rotatable bonds is 2. The molecular weight excluding hydrogens is 258 g/mol. The maximum absolute atomic E-state index is 3.90. The molecule has 0 aromatic heterocycles. The van der Waals surface area contributed by atoms with Crippen molar-refractivity contribution in [3.05, 3.63) is 62.4 Å². The Hall–Kier alpha value is -0.677. The first-order valence-corrected chi connectivity index (χ1v) is 5.44. The van der Waals surface area contributed by atoms with Crippen LogP contribution in [-0.4, -0.2) is 0 Å². The van der Waals surface area contributed by atoms with E-state index in [1.807, 2.05) is 19.9 Å². The summed E-state index contributed by atoms with van der Waals surface area (Å²) < 4.78 is 0. The van der Waals surface area contributed by atoms with Crippen LogP contribution in [0.5, 0.6) is 0 Å². The molecule has 1 rings (SSSR count). The Kier molecular flexibility index (Phi) is 17.0. The van der Waals surface area contributed by atoms with E-state index < -0.39 is 0 Å². The average Bonchev–Trinajstić information content (AvgIpc) is 2.34. The molecule has 0 radical (unpaired) electrons. The summed E-state index contributed by atoms with van der Waals surface area (Å²) in [4.78, 5) is 0. The van der Waals surface area contributed by atoms with Gasteiger partial charge in [-0.05, 0) is 31.0 Å². The molecule has 0 bridgehead atoms. The van der Waals surface area contributed by atoms with Crippen LogP contribution in [0.4, 0.5) is 0 Å². The number of hydrogen-bond donors (Lipinski definition) is 0. The summed E-state index contributed by atoms with van der Waals surface area (Å²) in [7, 11) is 0. The molecule has 0 N–H and O–H groups in total. The monoisotopic (exact) mass is 280 g/mol. The summed E-state index contributed by atoms with van der Waals surface area (Å²) in [5.41, 5.74) is 4.57. The van der Waals surface area contributed by atoms with Crippen molar-refractivity contribution in [1.82, 2.24) is 0 Å². The molecule has 90 valence electrons. The van der Waals surface area contributed by atoms with Crippen molar-refractivity contribution >= 4 is 11.1 Å². The van der Waals surface area contributed by atoms with E-state index in [9.17, 15) is 0 Å². The van der Waals surface area contributed by atoms with Gasteiger partial charge in [0.25, 0.3) is 0 Å². The number of benzene rings is 1. The van der Waals surface area contributed by atoms with Crippen LogP contribution in [0.2, 0.25) is 0 Å². The molecule has 0 saturated carbocycles. The molecule has 0 aliphatic rings. The summed E-state index contributed by atoms with van der Waals surface area (Å²) in [6.07, 6.45) is 0. The first-order valence-electron chi connectivity index (χ1n) is 5.44. The van der Waals surface area contributed by atoms with E-state index in [1.54, 1.807) is 13.8 Å². The quantitative estimate of drug-likeness (QED) is 0.501. The van der Waals surface area contributed by atoms with E-state index in [4.69, 9.17) is 0 Å². The van der Waals surface area contributed by atoms with Crippen LogP contribution in [-0.2, 0) is 19.5 Å². The van der Waals surface area contributed by atoms with Gasteiger partial charge in [0.05, 0.1) is 0 Å². The fourth-order valence-corrected chi connectivity index (χ4v) is 1.05. The fourth-order valence-electron chi connectivity index (χ4n) is 1.05. The molecule has 0 heterocycles. The zero-order chi connectivity index (χ0) is 13.1. The second-order valence-electron chi connectivity index (χ2n) is 3.14. The van der Waals surface area contributed by atoms with Gasteiger partial charge in [0.15, 0.2) is 0 Å². The van der Waals surface area contributed by atoms with Gasteiger partial charge in [-0.3, -0.25) is 0 Å². The van der Waals surface area contributed by atoms with E-state index in [2.05, 4.69) is 45.2 Å². The second-order valence-corrected chi connectivity index (χ2v) is 3.14. The molecule has 0 spiro atoms. The molecule has 1 aromatic rings. The smallest absolute Gasteiger partial charge is 0.346 e. The van der Waals surface area contributed by atoms with Crippen LogP contribution >= 0.6 is 0 Å². The summed E-state index contributed by atoms with van der Waals surface area (Å²) in [6.45, 7) is 21.8. The van der Waals surface area contributed by atoms with Gasteiger partial charge in [-0.1, -0.05) is 42.5 Å². The van der Waals surface area contributed by atoms with Crippen molar-refractivity contribution in [2.24, 2.45) is 0 Å². The third-order valence-corrected chi connectivity index (χ3v) is 1.85. The van der Waals surface area contributed by atoms with Crippen molar-refractivity contribution in [1.29, 1.82) is 0 Å². The van der Waals surface area contributed by atoms with Crippen molar-refractivity contribution in [3.63, 3.8) is 0 Å². The molecular formula is C16H24Zn. The summed E-state index contributed by atoms with van der Waals surface area (Å²) in [5, 5.41) is 0. The van der Waals surface area contributed by atoms with Gasteiger partial charge >= 0.3 is 19.5 Å². The number of hydrogen-bond acceptors (Lipinski definition) is 0. The van der Waals surface area contributed by atoms with Crippen LogP contribution in [0.3, 0.4) is 0 Å². The van der Waals surface area contributed by atoms with Crippen LogP contribution < -0.4 is 0 Å². The first kappa shape index (κ1) is 21.6. The predicted octanol–water partition coefficient (Wildman–Crippen LogP) is 5.43. The largest absolute Gasteiger partial charge is 2.00 e. The maximum Gasteiger partial charge on any atom is 2.00 e. The Morgan fingerprint density at radius 1 is 0.882 bits per heavy atom. The van der Waals surface area contributed by atoms with E-state index in [-0.39, 0.29) is 19.5 Å². The minimum atomic E-state index is 0. The summed E-state index contributed by atoms with van der Waals surface area (Å²) in [5.74, 6) is 0. The van der Waals surface area contributed by atoms with Gasteiger partial charge < -0.3 is 13.8 Å². The molecule has 0 fully saturated rings. The first-order chi connectivity index (χ1) is 7.61. The fraction of sp³-hybridized carbons (Fsp3) is 0.250. The Morgan fingerprint density at radius 3 is 1.41 bits per heavy atom. The van der Waals surface area contributed by atoms with Crippen LogP contribution in [0, 0.1) is 13.8 Å². The molecule has 0 unspecified atom stereocenters. The SMILES string of the molecule is C=C(C)c1cccc(C(=C)C)c1.[CH2-]C.[CH2-]C.[Zn+2]. The van der Waals surface area contributed by atoms with E-state index in [0.717, 1.165) is 11.1 Å². The third kappa shape index (κ3) is 9.06. The standard InChI is InChI=1S/C12H14.2C2H5.Zn/c1-9(2)11-6-5-7-12(8-11)10(3)4;2*1-2;/h5-8H,1,3H2,2,4H3;2*1H2,2H3;/q;2*-1;+2.